The minimum Gasteiger partial charge on any atom is -0.423 e. The molecule has 0 atom stereocenters. The average Bonchev–Trinajstić information content (AvgIpc) is 2.65. The van der Waals surface area contributed by atoms with Crippen molar-refractivity contribution in [3.63, 3.8) is 0 Å². The Morgan fingerprint density at radius 1 is 0.815 bits per heavy atom. The van der Waals surface area contributed by atoms with E-state index in [1.54, 1.807) is 18.2 Å². The van der Waals surface area contributed by atoms with Gasteiger partial charge in [0, 0.05) is 10.0 Å². The molecule has 0 heterocycles. The summed E-state index contributed by atoms with van der Waals surface area (Å²) in [4.78, 5) is 24.6. The molecule has 4 heteroatoms. The third kappa shape index (κ3) is 3.24. The molecule has 0 radical (unpaired) electrons. The maximum Gasteiger partial charge on any atom is 0.344 e. The van der Waals surface area contributed by atoms with Crippen molar-refractivity contribution in [3.8, 4) is 5.75 Å². The van der Waals surface area contributed by atoms with Crippen LogP contribution in [0.1, 0.15) is 27.6 Å². The summed E-state index contributed by atoms with van der Waals surface area (Å²) in [6, 6.07) is 22.5. The molecule has 0 aliphatic carbocycles. The fourth-order valence-corrected chi connectivity index (χ4v) is 3.87. The molecule has 4 rings (SSSR count). The number of esters is 1. The van der Waals surface area contributed by atoms with Gasteiger partial charge in [0.15, 0.2) is 5.78 Å². The van der Waals surface area contributed by atoms with Crippen molar-refractivity contribution in [3.05, 3.63) is 88.4 Å². The molecule has 0 aromatic heterocycles. The highest BCUT2D eigenvalue weighted by molar-refractivity contribution is 9.10. The Morgan fingerprint density at radius 2 is 1.41 bits per heavy atom. The second-order valence-electron chi connectivity index (χ2n) is 6.28. The van der Waals surface area contributed by atoms with E-state index < -0.39 is 5.97 Å². The van der Waals surface area contributed by atoms with E-state index in [2.05, 4.69) is 22.0 Å². The Bertz CT molecular complexity index is 1160. The summed E-state index contributed by atoms with van der Waals surface area (Å²) >= 11 is 3.36. The van der Waals surface area contributed by atoms with Crippen LogP contribution < -0.4 is 4.74 Å². The quantitative estimate of drug-likeness (QED) is 0.172. The van der Waals surface area contributed by atoms with Gasteiger partial charge in [0.1, 0.15) is 5.75 Å². The first-order valence-electron chi connectivity index (χ1n) is 8.48. The monoisotopic (exact) mass is 418 g/mol. The predicted octanol–water partition coefficient (Wildman–Crippen LogP) is 6.18. The number of hydrogen-bond acceptors (Lipinski definition) is 3. The molecule has 0 amide bonds. The zero-order valence-corrected chi connectivity index (χ0v) is 16.1. The van der Waals surface area contributed by atoms with Crippen LogP contribution in [0.25, 0.3) is 21.5 Å². The lowest BCUT2D eigenvalue weighted by Crippen LogP contribution is -2.10. The Balaban J connectivity index is 1.82. The molecule has 0 aliphatic rings. The Labute approximate surface area is 164 Å². The summed E-state index contributed by atoms with van der Waals surface area (Å²) in [6.07, 6.45) is 0. The lowest BCUT2D eigenvalue weighted by molar-refractivity contribution is 0.0738. The maximum absolute atomic E-state index is 13.1. The molecule has 0 spiro atoms. The standard InChI is InChI=1S/C23H15BrO3/c1-14(25)18-11-10-17(13-21(18)24)27-23(26)22-19-8-4-2-6-15(19)12-16-7-3-5-9-20(16)22/h2-13H,1H3. The second kappa shape index (κ2) is 6.97. The van der Waals surface area contributed by atoms with E-state index in [0.29, 0.717) is 21.3 Å². The Kier molecular flexibility index (Phi) is 4.50. The number of fused-ring (bicyclic) bond motifs is 2. The number of Topliss-reactive ketones (excluding diaryl/α,β-unsaturated/α-hetero) is 1. The largest absolute Gasteiger partial charge is 0.423 e. The van der Waals surface area contributed by atoms with Crippen LogP contribution >= 0.6 is 15.9 Å². The number of ketones is 1. The van der Waals surface area contributed by atoms with E-state index in [9.17, 15) is 9.59 Å². The van der Waals surface area contributed by atoms with Gasteiger partial charge in [-0.3, -0.25) is 4.79 Å². The minimum absolute atomic E-state index is 0.0557. The van der Waals surface area contributed by atoms with E-state index in [1.165, 1.54) is 6.92 Å². The Morgan fingerprint density at radius 3 is 1.96 bits per heavy atom. The normalized spacial score (nSPS) is 10.9. The van der Waals surface area contributed by atoms with Crippen molar-refractivity contribution in [1.82, 2.24) is 0 Å². The lowest BCUT2D eigenvalue weighted by atomic mass is 9.97. The summed E-state index contributed by atoms with van der Waals surface area (Å²) in [5, 5.41) is 3.66. The SMILES string of the molecule is CC(=O)c1ccc(OC(=O)c2c3ccccc3cc3ccccc23)cc1Br. The second-order valence-corrected chi connectivity index (χ2v) is 7.14. The first-order valence-corrected chi connectivity index (χ1v) is 9.27. The van der Waals surface area contributed by atoms with Crippen LogP contribution in [0.3, 0.4) is 0 Å². The zero-order valence-electron chi connectivity index (χ0n) is 14.5. The summed E-state index contributed by atoms with van der Waals surface area (Å²) in [6.45, 7) is 1.49. The molecular formula is C23H15BrO3. The van der Waals surface area contributed by atoms with Gasteiger partial charge in [-0.25, -0.2) is 4.79 Å². The van der Waals surface area contributed by atoms with E-state index >= 15 is 0 Å². The topological polar surface area (TPSA) is 43.4 Å². The number of carbonyl (C=O) groups excluding carboxylic acids is 2. The van der Waals surface area contributed by atoms with Gasteiger partial charge in [-0.2, -0.15) is 0 Å². The van der Waals surface area contributed by atoms with E-state index in [0.717, 1.165) is 21.5 Å². The minimum atomic E-state index is -0.425. The van der Waals surface area contributed by atoms with Gasteiger partial charge < -0.3 is 4.74 Å². The fraction of sp³-hybridized carbons (Fsp3) is 0.0435. The lowest BCUT2D eigenvalue weighted by Gasteiger charge is -2.12. The fourth-order valence-electron chi connectivity index (χ4n) is 3.24. The molecule has 0 saturated heterocycles. The number of benzene rings is 4. The molecule has 27 heavy (non-hydrogen) atoms. The molecule has 0 fully saturated rings. The highest BCUT2D eigenvalue weighted by Gasteiger charge is 2.17. The summed E-state index contributed by atoms with van der Waals surface area (Å²) < 4.78 is 6.25. The van der Waals surface area contributed by atoms with Gasteiger partial charge in [0.2, 0.25) is 0 Å². The van der Waals surface area contributed by atoms with Crippen molar-refractivity contribution in [1.29, 1.82) is 0 Å². The van der Waals surface area contributed by atoms with Gasteiger partial charge in [0.25, 0.3) is 0 Å². The molecule has 0 N–H and O–H groups in total. The number of hydrogen-bond donors (Lipinski definition) is 0. The van der Waals surface area contributed by atoms with Crippen molar-refractivity contribution < 1.29 is 14.3 Å². The summed E-state index contributed by atoms with van der Waals surface area (Å²) in [5.41, 5.74) is 1.08. The summed E-state index contributed by atoms with van der Waals surface area (Å²) in [7, 11) is 0. The van der Waals surface area contributed by atoms with Crippen molar-refractivity contribution in [2.75, 3.05) is 0 Å². The molecule has 3 nitrogen and oxygen atoms in total. The highest BCUT2D eigenvalue weighted by atomic mass is 79.9. The Hall–Kier alpha value is -2.98. The molecule has 0 saturated carbocycles. The third-order valence-electron chi connectivity index (χ3n) is 4.51. The highest BCUT2D eigenvalue weighted by Crippen LogP contribution is 2.30. The van der Waals surface area contributed by atoms with E-state index in [1.807, 2.05) is 48.5 Å². The number of halogens is 1. The molecule has 0 bridgehead atoms. The molecule has 4 aromatic carbocycles. The van der Waals surface area contributed by atoms with Crippen LogP contribution in [-0.2, 0) is 0 Å². The average molecular weight is 419 g/mol. The smallest absolute Gasteiger partial charge is 0.344 e. The number of carbonyl (C=O) groups is 2. The number of rotatable bonds is 3. The predicted molar refractivity (Wildman–Crippen MR) is 111 cm³/mol. The van der Waals surface area contributed by atoms with Gasteiger partial charge in [-0.1, -0.05) is 48.5 Å². The first kappa shape index (κ1) is 17.4. The number of ether oxygens (including phenoxy) is 1. The van der Waals surface area contributed by atoms with Crippen LogP contribution in [0.2, 0.25) is 0 Å². The van der Waals surface area contributed by atoms with Crippen molar-refractivity contribution >= 4 is 49.2 Å². The third-order valence-corrected chi connectivity index (χ3v) is 5.16. The molecule has 0 aliphatic heterocycles. The van der Waals surface area contributed by atoms with Gasteiger partial charge in [-0.15, -0.1) is 0 Å². The molecule has 132 valence electrons. The van der Waals surface area contributed by atoms with Crippen molar-refractivity contribution in [2.24, 2.45) is 0 Å². The van der Waals surface area contributed by atoms with Crippen LogP contribution in [0.4, 0.5) is 0 Å². The van der Waals surface area contributed by atoms with Crippen molar-refractivity contribution in [2.45, 2.75) is 6.92 Å². The zero-order chi connectivity index (χ0) is 19.0. The van der Waals surface area contributed by atoms with Gasteiger partial charge in [-0.05, 0) is 68.7 Å². The van der Waals surface area contributed by atoms with Crippen LogP contribution in [0.15, 0.2) is 77.3 Å². The van der Waals surface area contributed by atoms with Gasteiger partial charge in [0.05, 0.1) is 5.56 Å². The van der Waals surface area contributed by atoms with Gasteiger partial charge >= 0.3 is 5.97 Å². The first-order chi connectivity index (χ1) is 13.0. The van der Waals surface area contributed by atoms with E-state index in [4.69, 9.17) is 4.74 Å². The maximum atomic E-state index is 13.1. The van der Waals surface area contributed by atoms with E-state index in [-0.39, 0.29) is 5.78 Å². The molecule has 4 aromatic rings. The summed E-state index contributed by atoms with van der Waals surface area (Å²) in [5.74, 6) is -0.0980. The van der Waals surface area contributed by atoms with Crippen LogP contribution in [0.5, 0.6) is 5.75 Å². The van der Waals surface area contributed by atoms with Crippen LogP contribution in [0, 0.1) is 0 Å². The van der Waals surface area contributed by atoms with Crippen LogP contribution in [-0.4, -0.2) is 11.8 Å². The molecule has 0 unspecified atom stereocenters. The molecular weight excluding hydrogens is 404 g/mol.